The van der Waals surface area contributed by atoms with Crippen molar-refractivity contribution in [3.8, 4) is 0 Å². The maximum absolute atomic E-state index is 2.70. The number of rotatable bonds is 4. The third-order valence-corrected chi connectivity index (χ3v) is 6.22. The van der Waals surface area contributed by atoms with Crippen molar-refractivity contribution >= 4 is 6.08 Å². The number of hydrogen-bond donors (Lipinski definition) is 0. The molecule has 2 saturated heterocycles. The molecule has 1 spiro atoms. The Morgan fingerprint density at radius 2 is 1.52 bits per heavy atom. The van der Waals surface area contributed by atoms with Gasteiger partial charge >= 0.3 is 0 Å². The Morgan fingerprint density at radius 1 is 0.826 bits per heavy atom. The van der Waals surface area contributed by atoms with Gasteiger partial charge in [0.05, 0.1) is 0 Å². The average molecular weight is 310 g/mol. The zero-order valence-corrected chi connectivity index (χ0v) is 14.3. The van der Waals surface area contributed by atoms with Crippen LogP contribution in [0.25, 0.3) is 6.08 Å². The highest BCUT2D eigenvalue weighted by atomic mass is 15.2. The van der Waals surface area contributed by atoms with E-state index in [1.165, 1.54) is 83.4 Å². The summed E-state index contributed by atoms with van der Waals surface area (Å²) in [7, 11) is 0. The van der Waals surface area contributed by atoms with E-state index in [1.807, 2.05) is 0 Å². The SMILES string of the molecule is C1=CC2(CCN(CCCN3CCCCC3)CC2)c2ccccc21. The largest absolute Gasteiger partial charge is 0.303 e. The third kappa shape index (κ3) is 3.25. The van der Waals surface area contributed by atoms with Gasteiger partial charge in [-0.1, -0.05) is 42.8 Å². The first-order valence-corrected chi connectivity index (χ1v) is 9.59. The maximum Gasteiger partial charge on any atom is 0.0165 e. The molecular weight excluding hydrogens is 280 g/mol. The number of nitrogens with zero attached hydrogens (tertiary/aromatic N) is 2. The number of likely N-dealkylation sites (tertiary alicyclic amines) is 2. The summed E-state index contributed by atoms with van der Waals surface area (Å²) >= 11 is 0. The number of hydrogen-bond acceptors (Lipinski definition) is 2. The molecule has 2 heteroatoms. The van der Waals surface area contributed by atoms with Gasteiger partial charge in [-0.15, -0.1) is 0 Å². The van der Waals surface area contributed by atoms with Gasteiger partial charge in [0.25, 0.3) is 0 Å². The minimum absolute atomic E-state index is 0.347. The van der Waals surface area contributed by atoms with E-state index in [0.717, 1.165) is 0 Å². The second-order valence-electron chi connectivity index (χ2n) is 7.67. The van der Waals surface area contributed by atoms with Gasteiger partial charge in [-0.05, 0) is 82.5 Å². The molecule has 2 aliphatic heterocycles. The lowest BCUT2D eigenvalue weighted by atomic mass is 9.74. The maximum atomic E-state index is 2.70. The van der Waals surface area contributed by atoms with E-state index in [9.17, 15) is 0 Å². The summed E-state index contributed by atoms with van der Waals surface area (Å²) in [5.74, 6) is 0. The molecule has 1 aromatic carbocycles. The second-order valence-corrected chi connectivity index (χ2v) is 7.67. The summed E-state index contributed by atoms with van der Waals surface area (Å²) in [6.45, 7) is 7.80. The average Bonchev–Trinajstić information content (AvgIpc) is 2.97. The van der Waals surface area contributed by atoms with Crippen LogP contribution < -0.4 is 0 Å². The lowest BCUT2D eigenvalue weighted by Crippen LogP contribution is -2.42. The number of piperidine rings is 2. The van der Waals surface area contributed by atoms with Crippen molar-refractivity contribution < 1.29 is 0 Å². The molecule has 0 atom stereocenters. The van der Waals surface area contributed by atoms with Crippen LogP contribution >= 0.6 is 0 Å². The molecule has 0 N–H and O–H groups in total. The van der Waals surface area contributed by atoms with E-state index in [4.69, 9.17) is 0 Å². The molecule has 1 aliphatic carbocycles. The first kappa shape index (κ1) is 15.4. The Labute approximate surface area is 141 Å². The fourth-order valence-corrected chi connectivity index (χ4v) is 4.75. The minimum Gasteiger partial charge on any atom is -0.303 e. The van der Waals surface area contributed by atoms with Crippen LogP contribution in [0.4, 0.5) is 0 Å². The first-order chi connectivity index (χ1) is 11.4. The number of fused-ring (bicyclic) bond motifs is 2. The van der Waals surface area contributed by atoms with E-state index in [-0.39, 0.29) is 0 Å². The Kier molecular flexibility index (Phi) is 4.54. The Hall–Kier alpha value is -1.12. The van der Waals surface area contributed by atoms with Crippen LogP contribution in [0.1, 0.15) is 49.7 Å². The van der Waals surface area contributed by atoms with E-state index in [2.05, 4.69) is 46.2 Å². The zero-order valence-electron chi connectivity index (χ0n) is 14.3. The van der Waals surface area contributed by atoms with Crippen molar-refractivity contribution in [2.75, 3.05) is 39.3 Å². The molecule has 0 bridgehead atoms. The molecule has 0 saturated carbocycles. The lowest BCUT2D eigenvalue weighted by Gasteiger charge is -2.39. The summed E-state index contributed by atoms with van der Waals surface area (Å²) < 4.78 is 0. The molecule has 23 heavy (non-hydrogen) atoms. The Balaban J connectivity index is 1.26. The van der Waals surface area contributed by atoms with Crippen molar-refractivity contribution in [3.63, 3.8) is 0 Å². The van der Waals surface area contributed by atoms with Crippen molar-refractivity contribution in [2.24, 2.45) is 0 Å². The fraction of sp³-hybridized carbons (Fsp3) is 0.619. The van der Waals surface area contributed by atoms with Gasteiger partial charge in [-0.3, -0.25) is 0 Å². The molecule has 2 heterocycles. The van der Waals surface area contributed by atoms with Gasteiger partial charge in [0.2, 0.25) is 0 Å². The van der Waals surface area contributed by atoms with Crippen molar-refractivity contribution in [3.05, 3.63) is 41.5 Å². The highest BCUT2D eigenvalue weighted by Gasteiger charge is 2.37. The number of benzene rings is 1. The van der Waals surface area contributed by atoms with Gasteiger partial charge in [-0.25, -0.2) is 0 Å². The van der Waals surface area contributed by atoms with Crippen molar-refractivity contribution in [1.29, 1.82) is 0 Å². The Morgan fingerprint density at radius 3 is 2.30 bits per heavy atom. The highest BCUT2D eigenvalue weighted by Crippen LogP contribution is 2.43. The predicted octanol–water partition coefficient (Wildman–Crippen LogP) is 3.92. The molecule has 0 unspecified atom stereocenters. The van der Waals surface area contributed by atoms with E-state index in [0.29, 0.717) is 5.41 Å². The van der Waals surface area contributed by atoms with Gasteiger partial charge in [0.15, 0.2) is 0 Å². The lowest BCUT2D eigenvalue weighted by molar-refractivity contribution is 0.164. The molecule has 1 aromatic rings. The monoisotopic (exact) mass is 310 g/mol. The first-order valence-electron chi connectivity index (χ1n) is 9.59. The molecule has 4 rings (SSSR count). The number of allylic oxidation sites excluding steroid dienone is 1. The van der Waals surface area contributed by atoms with Crippen LogP contribution in [0.5, 0.6) is 0 Å². The molecule has 0 radical (unpaired) electrons. The highest BCUT2D eigenvalue weighted by molar-refractivity contribution is 5.65. The normalized spacial score (nSPS) is 24.2. The third-order valence-electron chi connectivity index (χ3n) is 6.22. The van der Waals surface area contributed by atoms with E-state index < -0.39 is 0 Å². The van der Waals surface area contributed by atoms with Crippen LogP contribution in [-0.2, 0) is 5.41 Å². The molecule has 0 amide bonds. The molecule has 2 fully saturated rings. The summed E-state index contributed by atoms with van der Waals surface area (Å²) in [5.41, 5.74) is 3.37. The smallest absolute Gasteiger partial charge is 0.0165 e. The van der Waals surface area contributed by atoms with Crippen molar-refractivity contribution in [2.45, 2.75) is 43.9 Å². The molecule has 124 valence electrons. The standard InChI is InChI=1S/C21H30N2/c1-4-13-22(14-5-1)15-6-16-23-17-11-21(12-18-23)10-9-19-7-2-3-8-20(19)21/h2-3,7-10H,1,4-6,11-18H2. The predicted molar refractivity (Wildman–Crippen MR) is 97.7 cm³/mol. The summed E-state index contributed by atoms with van der Waals surface area (Å²) in [4.78, 5) is 5.37. The van der Waals surface area contributed by atoms with Gasteiger partial charge in [0.1, 0.15) is 0 Å². The second kappa shape index (κ2) is 6.78. The van der Waals surface area contributed by atoms with Crippen LogP contribution in [0.2, 0.25) is 0 Å². The van der Waals surface area contributed by atoms with E-state index in [1.54, 1.807) is 5.56 Å². The van der Waals surface area contributed by atoms with E-state index >= 15 is 0 Å². The minimum atomic E-state index is 0.347. The van der Waals surface area contributed by atoms with Gasteiger partial charge in [-0.2, -0.15) is 0 Å². The van der Waals surface area contributed by atoms with Crippen molar-refractivity contribution in [1.82, 2.24) is 9.80 Å². The van der Waals surface area contributed by atoms with Gasteiger partial charge in [0, 0.05) is 5.41 Å². The quantitative estimate of drug-likeness (QED) is 0.831. The molecule has 3 aliphatic rings. The summed E-state index contributed by atoms with van der Waals surface area (Å²) in [6, 6.07) is 8.99. The fourth-order valence-electron chi connectivity index (χ4n) is 4.75. The molecular formula is C21H30N2. The summed E-state index contributed by atoms with van der Waals surface area (Å²) in [6.07, 6.45) is 13.0. The zero-order chi connectivity index (χ0) is 15.5. The topological polar surface area (TPSA) is 6.48 Å². The van der Waals surface area contributed by atoms with Crippen LogP contribution in [-0.4, -0.2) is 49.1 Å². The van der Waals surface area contributed by atoms with Crippen LogP contribution in [0.15, 0.2) is 30.3 Å². The van der Waals surface area contributed by atoms with Crippen LogP contribution in [0, 0.1) is 0 Å². The molecule has 0 aromatic heterocycles. The van der Waals surface area contributed by atoms with Gasteiger partial charge < -0.3 is 9.80 Å². The Bertz CT molecular complexity index is 549. The van der Waals surface area contributed by atoms with Crippen LogP contribution in [0.3, 0.4) is 0 Å². The molecule has 2 nitrogen and oxygen atoms in total. The summed E-state index contributed by atoms with van der Waals surface area (Å²) in [5, 5.41) is 0.